The lowest BCUT2D eigenvalue weighted by molar-refractivity contribution is 0.151. The van der Waals surface area contributed by atoms with Crippen molar-refractivity contribution in [1.82, 2.24) is 4.72 Å². The lowest BCUT2D eigenvalue weighted by Gasteiger charge is -2.28. The van der Waals surface area contributed by atoms with Gasteiger partial charge in [-0.25, -0.2) is 13.1 Å². The van der Waals surface area contributed by atoms with E-state index in [1.165, 1.54) is 12.1 Å². The molecule has 3 rings (SSSR count). The molecule has 0 bridgehead atoms. The van der Waals surface area contributed by atoms with Crippen LogP contribution in [0.15, 0.2) is 70.5 Å². The first-order valence-electron chi connectivity index (χ1n) is 8.42. The van der Waals surface area contributed by atoms with E-state index >= 15 is 0 Å². The topological polar surface area (TPSA) is 89.5 Å². The summed E-state index contributed by atoms with van der Waals surface area (Å²) < 4.78 is 57.3. The average molecular weight is 396 g/mol. The molecular weight excluding hydrogens is 374 g/mol. The van der Waals surface area contributed by atoms with E-state index in [1.807, 2.05) is 0 Å². The van der Waals surface area contributed by atoms with Crippen molar-refractivity contribution in [2.45, 2.75) is 47.6 Å². The number of hydrogen-bond acceptors (Lipinski definition) is 5. The van der Waals surface area contributed by atoms with Gasteiger partial charge in [-0.2, -0.15) is 8.42 Å². The maximum absolute atomic E-state index is 12.4. The normalized spacial score (nSPS) is 21.4. The molecule has 0 aliphatic heterocycles. The van der Waals surface area contributed by atoms with Crippen LogP contribution in [0.4, 0.5) is 0 Å². The second-order valence-electron chi connectivity index (χ2n) is 6.27. The van der Waals surface area contributed by atoms with Crippen LogP contribution in [0.3, 0.4) is 0 Å². The Morgan fingerprint density at radius 2 is 1.23 bits per heavy atom. The largest absolute Gasteiger partial charge is 0.297 e. The molecule has 0 radical (unpaired) electrons. The molecule has 0 saturated heterocycles. The van der Waals surface area contributed by atoms with E-state index in [4.69, 9.17) is 4.18 Å². The van der Waals surface area contributed by atoms with E-state index in [9.17, 15) is 16.8 Å². The van der Waals surface area contributed by atoms with Crippen molar-refractivity contribution in [2.24, 2.45) is 0 Å². The molecule has 1 aliphatic carbocycles. The Kier molecular flexibility index (Phi) is 5.76. The van der Waals surface area contributed by atoms with Gasteiger partial charge in [-0.3, -0.25) is 4.18 Å². The molecule has 0 spiro atoms. The van der Waals surface area contributed by atoms with Crippen molar-refractivity contribution >= 4 is 20.1 Å². The highest BCUT2D eigenvalue weighted by Crippen LogP contribution is 2.26. The second-order valence-corrected chi connectivity index (χ2v) is 9.56. The van der Waals surface area contributed by atoms with E-state index in [-0.39, 0.29) is 15.8 Å². The Morgan fingerprint density at radius 1 is 0.731 bits per heavy atom. The fourth-order valence-electron chi connectivity index (χ4n) is 2.99. The zero-order valence-electron chi connectivity index (χ0n) is 14.1. The van der Waals surface area contributed by atoms with Crippen molar-refractivity contribution in [3.63, 3.8) is 0 Å². The summed E-state index contributed by atoms with van der Waals surface area (Å²) in [5.41, 5.74) is 0. The van der Waals surface area contributed by atoms with Gasteiger partial charge < -0.3 is 0 Å². The van der Waals surface area contributed by atoms with Crippen LogP contribution < -0.4 is 4.72 Å². The molecule has 0 heterocycles. The Hall–Kier alpha value is -1.74. The van der Waals surface area contributed by atoms with Gasteiger partial charge in [0, 0.05) is 6.04 Å². The van der Waals surface area contributed by atoms with Gasteiger partial charge in [0.25, 0.3) is 10.1 Å². The van der Waals surface area contributed by atoms with Gasteiger partial charge in [-0.05, 0) is 49.9 Å². The first kappa shape index (κ1) is 19.0. The van der Waals surface area contributed by atoms with Crippen molar-refractivity contribution in [2.75, 3.05) is 0 Å². The lowest BCUT2D eigenvalue weighted by atomic mass is 9.94. The van der Waals surface area contributed by atoms with Crippen molar-refractivity contribution in [3.05, 3.63) is 60.7 Å². The number of hydrogen-bond donors (Lipinski definition) is 1. The molecular formula is C18H21NO5S2. The molecule has 0 aromatic heterocycles. The fraction of sp³-hybridized carbons (Fsp3) is 0.333. The van der Waals surface area contributed by atoms with Crippen LogP contribution in [-0.4, -0.2) is 29.0 Å². The van der Waals surface area contributed by atoms with Crippen LogP contribution in [0.2, 0.25) is 0 Å². The highest BCUT2D eigenvalue weighted by atomic mass is 32.2. The number of benzene rings is 2. The summed E-state index contributed by atoms with van der Waals surface area (Å²) in [6.45, 7) is 0. The minimum absolute atomic E-state index is 0.131. The molecule has 140 valence electrons. The summed E-state index contributed by atoms with van der Waals surface area (Å²) in [4.78, 5) is 0.358. The molecule has 1 fully saturated rings. The molecule has 0 amide bonds. The minimum Gasteiger partial charge on any atom is -0.263 e. The summed E-state index contributed by atoms with van der Waals surface area (Å²) in [6.07, 6.45) is 1.59. The predicted octanol–water partition coefficient (Wildman–Crippen LogP) is 2.68. The smallest absolute Gasteiger partial charge is 0.263 e. The Bertz CT molecular complexity index is 841. The monoisotopic (exact) mass is 395 g/mol. The summed E-state index contributed by atoms with van der Waals surface area (Å²) in [6, 6.07) is 16.0. The molecule has 8 heteroatoms. The van der Waals surface area contributed by atoms with Crippen molar-refractivity contribution in [3.8, 4) is 0 Å². The lowest BCUT2D eigenvalue weighted by Crippen LogP contribution is -2.39. The van der Waals surface area contributed by atoms with Gasteiger partial charge in [0.2, 0.25) is 10.0 Å². The highest BCUT2D eigenvalue weighted by molar-refractivity contribution is 7.89. The zero-order valence-corrected chi connectivity index (χ0v) is 15.7. The third-order valence-electron chi connectivity index (χ3n) is 4.34. The van der Waals surface area contributed by atoms with E-state index < -0.39 is 26.2 Å². The molecule has 2 aromatic carbocycles. The molecule has 0 atom stereocenters. The first-order valence-corrected chi connectivity index (χ1v) is 11.3. The number of nitrogens with one attached hydrogen (secondary N) is 1. The summed E-state index contributed by atoms with van der Waals surface area (Å²) >= 11 is 0. The summed E-state index contributed by atoms with van der Waals surface area (Å²) in [7, 11) is -7.36. The minimum atomic E-state index is -3.79. The van der Waals surface area contributed by atoms with Gasteiger partial charge in [-0.15, -0.1) is 0 Å². The number of rotatable bonds is 6. The maximum Gasteiger partial charge on any atom is 0.297 e. The van der Waals surface area contributed by atoms with Crippen LogP contribution in [-0.2, 0) is 24.3 Å². The van der Waals surface area contributed by atoms with E-state index in [0.29, 0.717) is 25.7 Å². The SMILES string of the molecule is O=S(=O)(NC1CCC(OS(=O)(=O)c2ccccc2)CC1)c1ccccc1. The van der Waals surface area contributed by atoms with E-state index in [2.05, 4.69) is 4.72 Å². The third kappa shape index (κ3) is 4.70. The van der Waals surface area contributed by atoms with Gasteiger partial charge in [-0.1, -0.05) is 36.4 Å². The summed E-state index contributed by atoms with van der Waals surface area (Å²) in [5.74, 6) is 0. The van der Waals surface area contributed by atoms with Gasteiger partial charge in [0.1, 0.15) is 0 Å². The maximum atomic E-state index is 12.4. The van der Waals surface area contributed by atoms with Gasteiger partial charge in [0.15, 0.2) is 0 Å². The molecule has 0 unspecified atom stereocenters. The van der Waals surface area contributed by atoms with Gasteiger partial charge >= 0.3 is 0 Å². The third-order valence-corrected chi connectivity index (χ3v) is 7.26. The average Bonchev–Trinajstić information content (AvgIpc) is 2.64. The van der Waals surface area contributed by atoms with E-state index in [1.54, 1.807) is 48.5 Å². The summed E-state index contributed by atoms with van der Waals surface area (Å²) in [5, 5.41) is 0. The second kappa shape index (κ2) is 7.87. The predicted molar refractivity (Wildman–Crippen MR) is 97.5 cm³/mol. The highest BCUT2D eigenvalue weighted by Gasteiger charge is 2.29. The fourth-order valence-corrected chi connectivity index (χ4v) is 5.46. The molecule has 26 heavy (non-hydrogen) atoms. The molecule has 1 N–H and O–H groups in total. The van der Waals surface area contributed by atoms with E-state index in [0.717, 1.165) is 0 Å². The van der Waals surface area contributed by atoms with Crippen LogP contribution in [0.25, 0.3) is 0 Å². The van der Waals surface area contributed by atoms with Crippen molar-refractivity contribution in [1.29, 1.82) is 0 Å². The van der Waals surface area contributed by atoms with Crippen LogP contribution in [0, 0.1) is 0 Å². The standard InChI is InChI=1S/C18H21NO5S2/c20-25(21,17-7-3-1-4-8-17)19-15-11-13-16(14-12-15)24-26(22,23)18-9-5-2-6-10-18/h1-10,15-16,19H,11-14H2. The van der Waals surface area contributed by atoms with Gasteiger partial charge in [0.05, 0.1) is 15.9 Å². The van der Waals surface area contributed by atoms with Crippen molar-refractivity contribution < 1.29 is 21.0 Å². The molecule has 1 aliphatic rings. The number of sulfonamides is 1. The molecule has 2 aromatic rings. The zero-order chi connectivity index (χ0) is 18.6. The Morgan fingerprint density at radius 3 is 1.77 bits per heavy atom. The molecule has 1 saturated carbocycles. The Labute approximate surface area is 154 Å². The quantitative estimate of drug-likeness (QED) is 0.760. The van der Waals surface area contributed by atoms with Crippen LogP contribution in [0.5, 0.6) is 0 Å². The first-order chi connectivity index (χ1) is 12.4. The van der Waals surface area contributed by atoms with Crippen LogP contribution in [0.1, 0.15) is 25.7 Å². The van der Waals surface area contributed by atoms with Crippen LogP contribution >= 0.6 is 0 Å². The molecule has 6 nitrogen and oxygen atoms in total. The Balaban J connectivity index is 1.56.